The molecule has 1 fully saturated rings. The predicted molar refractivity (Wildman–Crippen MR) is 37.3 cm³/mol. The summed E-state index contributed by atoms with van der Waals surface area (Å²) in [4.78, 5) is 0. The Hall–Kier alpha value is -0.760. The number of ether oxygens (including phenoxy) is 2. The highest BCUT2D eigenvalue weighted by molar-refractivity contribution is 5.22. The molecule has 0 amide bonds. The molecule has 0 radical (unpaired) electrons. The van der Waals surface area contributed by atoms with Crippen molar-refractivity contribution < 1.29 is 9.47 Å². The van der Waals surface area contributed by atoms with E-state index in [-0.39, 0.29) is 0 Å². The van der Waals surface area contributed by atoms with Crippen molar-refractivity contribution in [2.24, 2.45) is 0 Å². The molecule has 0 aliphatic carbocycles. The molecule has 0 bridgehead atoms. The van der Waals surface area contributed by atoms with Gasteiger partial charge < -0.3 is 9.47 Å². The second-order valence-electron chi connectivity index (χ2n) is 2.54. The van der Waals surface area contributed by atoms with Crippen LogP contribution in [0.4, 0.5) is 0 Å². The average Bonchev–Trinajstić information content (AvgIpc) is 2.82. The molecule has 1 saturated heterocycles. The lowest BCUT2D eigenvalue weighted by Gasteiger charge is -1.77. The van der Waals surface area contributed by atoms with E-state index in [4.69, 9.17) is 9.47 Å². The number of rotatable bonds is 3. The van der Waals surface area contributed by atoms with Gasteiger partial charge >= 0.3 is 0 Å². The Kier molecular flexibility index (Phi) is 1.27. The molecular formula is C8H10O2. The summed E-state index contributed by atoms with van der Waals surface area (Å²) in [5.41, 5.74) is 0. The zero-order valence-corrected chi connectivity index (χ0v) is 5.91. The van der Waals surface area contributed by atoms with Gasteiger partial charge in [0.05, 0.1) is 6.10 Å². The van der Waals surface area contributed by atoms with Crippen molar-refractivity contribution in [1.29, 1.82) is 0 Å². The van der Waals surface area contributed by atoms with Gasteiger partial charge in [0.25, 0.3) is 0 Å². The highest BCUT2D eigenvalue weighted by atomic mass is 16.6. The topological polar surface area (TPSA) is 25.1 Å². The molecule has 10 heavy (non-hydrogen) atoms. The molecule has 2 nitrogen and oxygen atoms in total. The van der Waals surface area contributed by atoms with E-state index in [1.165, 1.54) is 0 Å². The Morgan fingerprint density at radius 3 is 3.00 bits per heavy atom. The predicted octanol–water partition coefficient (Wildman–Crippen LogP) is 1.59. The number of hydrogen-bond donors (Lipinski definition) is 0. The van der Waals surface area contributed by atoms with Crippen LogP contribution in [-0.2, 0) is 9.47 Å². The maximum atomic E-state index is 5.27. The Balaban J connectivity index is 1.76. The summed E-state index contributed by atoms with van der Waals surface area (Å²) < 4.78 is 10.1. The Bertz CT molecular complexity index is 193. The smallest absolute Gasteiger partial charge is 0.161 e. The third-order valence-corrected chi connectivity index (χ3v) is 1.73. The van der Waals surface area contributed by atoms with Gasteiger partial charge in [-0.2, -0.15) is 0 Å². The number of epoxide rings is 1. The van der Waals surface area contributed by atoms with Crippen LogP contribution >= 0.6 is 0 Å². The molecule has 2 rings (SSSR count). The highest BCUT2D eigenvalue weighted by Gasteiger charge is 2.34. The van der Waals surface area contributed by atoms with Gasteiger partial charge in [-0.1, -0.05) is 6.92 Å². The minimum Gasteiger partial charge on any atom is -0.458 e. The van der Waals surface area contributed by atoms with Crippen molar-refractivity contribution in [3.8, 4) is 0 Å². The van der Waals surface area contributed by atoms with Crippen LogP contribution < -0.4 is 0 Å². The van der Waals surface area contributed by atoms with Gasteiger partial charge in [-0.05, 0) is 18.6 Å². The molecular weight excluding hydrogens is 128 g/mol. The first-order chi connectivity index (χ1) is 4.90. The van der Waals surface area contributed by atoms with Crippen LogP contribution in [0.5, 0.6) is 0 Å². The first-order valence-corrected chi connectivity index (χ1v) is 3.60. The zero-order chi connectivity index (χ0) is 6.97. The van der Waals surface area contributed by atoms with E-state index in [1.54, 1.807) is 6.26 Å². The second-order valence-corrected chi connectivity index (χ2v) is 2.54. The van der Waals surface area contributed by atoms with Crippen LogP contribution in [0.1, 0.15) is 13.3 Å². The normalized spacial score (nSPS) is 35.5. The fraction of sp³-hybridized carbons (Fsp3) is 0.500. The van der Waals surface area contributed by atoms with Crippen molar-refractivity contribution in [2.75, 3.05) is 0 Å². The second kappa shape index (κ2) is 2.13. The first-order valence-electron chi connectivity index (χ1n) is 3.60. The maximum absolute atomic E-state index is 5.27. The number of hydrogen-bond acceptors (Lipinski definition) is 2. The summed E-state index contributed by atoms with van der Waals surface area (Å²) in [5, 5.41) is 0. The lowest BCUT2D eigenvalue weighted by Crippen LogP contribution is -1.85. The lowest BCUT2D eigenvalue weighted by atomic mass is 10.2. The summed E-state index contributed by atoms with van der Waals surface area (Å²) >= 11 is 0. The van der Waals surface area contributed by atoms with Gasteiger partial charge in [-0.3, -0.25) is 0 Å². The largest absolute Gasteiger partial charge is 0.458 e. The van der Waals surface area contributed by atoms with Crippen molar-refractivity contribution in [3.63, 3.8) is 0 Å². The quantitative estimate of drug-likeness (QED) is 0.553. The molecule has 0 saturated carbocycles. The molecule has 0 aromatic carbocycles. The minimum atomic E-state index is 0.357. The molecule has 0 aromatic rings. The molecule has 0 N–H and O–H groups in total. The van der Waals surface area contributed by atoms with Crippen LogP contribution in [0.25, 0.3) is 0 Å². The summed E-state index contributed by atoms with van der Waals surface area (Å²) in [6.45, 7) is 2.13. The summed E-state index contributed by atoms with van der Waals surface area (Å²) in [6.07, 6.45) is 7.66. The van der Waals surface area contributed by atoms with Crippen molar-refractivity contribution in [1.82, 2.24) is 0 Å². The molecule has 0 spiro atoms. The van der Waals surface area contributed by atoms with E-state index < -0.39 is 0 Å². The fourth-order valence-corrected chi connectivity index (χ4v) is 0.957. The minimum absolute atomic E-state index is 0.357. The number of allylic oxidation sites excluding steroid dienone is 1. The zero-order valence-electron chi connectivity index (χ0n) is 5.91. The molecule has 2 aliphatic rings. The van der Waals surface area contributed by atoms with Crippen LogP contribution in [0.2, 0.25) is 0 Å². The van der Waals surface area contributed by atoms with Gasteiger partial charge in [0.1, 0.15) is 12.4 Å². The Morgan fingerprint density at radius 2 is 2.50 bits per heavy atom. The van der Waals surface area contributed by atoms with Gasteiger partial charge in [-0.15, -0.1) is 0 Å². The first kappa shape index (κ1) is 5.98. The lowest BCUT2D eigenvalue weighted by molar-refractivity contribution is 0.384. The van der Waals surface area contributed by atoms with Gasteiger partial charge in [-0.25, -0.2) is 0 Å². The van der Waals surface area contributed by atoms with Crippen LogP contribution in [0.3, 0.4) is 0 Å². The molecule has 2 atom stereocenters. The third kappa shape index (κ3) is 1.21. The molecule has 54 valence electrons. The van der Waals surface area contributed by atoms with Gasteiger partial charge in [0.2, 0.25) is 0 Å². The Morgan fingerprint density at radius 1 is 1.70 bits per heavy atom. The van der Waals surface area contributed by atoms with Crippen LogP contribution in [-0.4, -0.2) is 12.2 Å². The van der Waals surface area contributed by atoms with Crippen LogP contribution in [0.15, 0.2) is 24.2 Å². The highest BCUT2D eigenvalue weighted by Crippen LogP contribution is 2.27. The molecule has 0 aromatic heterocycles. The van der Waals surface area contributed by atoms with Crippen molar-refractivity contribution >= 4 is 0 Å². The van der Waals surface area contributed by atoms with E-state index in [2.05, 4.69) is 6.92 Å². The third-order valence-electron chi connectivity index (χ3n) is 1.73. The molecule has 2 aliphatic heterocycles. The van der Waals surface area contributed by atoms with Gasteiger partial charge in [0, 0.05) is 0 Å². The Labute approximate surface area is 60.1 Å². The van der Waals surface area contributed by atoms with E-state index >= 15 is 0 Å². The van der Waals surface area contributed by atoms with Crippen molar-refractivity contribution in [3.05, 3.63) is 24.2 Å². The summed E-state index contributed by atoms with van der Waals surface area (Å²) in [7, 11) is 0. The summed E-state index contributed by atoms with van der Waals surface area (Å²) in [6, 6.07) is 0. The monoisotopic (exact) mass is 138 g/mol. The molecule has 2 heteroatoms. The van der Waals surface area contributed by atoms with E-state index in [9.17, 15) is 0 Å². The summed E-state index contributed by atoms with van der Waals surface area (Å²) in [5.74, 6) is 0.963. The SMILES string of the molecule is CCC1OC1C=CC1=CO1. The van der Waals surface area contributed by atoms with Crippen molar-refractivity contribution in [2.45, 2.75) is 25.6 Å². The molecule has 2 heterocycles. The van der Waals surface area contributed by atoms with E-state index in [0.29, 0.717) is 12.2 Å². The van der Waals surface area contributed by atoms with E-state index in [1.807, 2.05) is 12.2 Å². The van der Waals surface area contributed by atoms with Gasteiger partial charge in [0.15, 0.2) is 5.76 Å². The average molecular weight is 138 g/mol. The standard InChI is InChI=1S/C8H10O2/c1-2-7-8(10-7)4-3-6-5-9-6/h3-5,7-8H,2H2,1H3. The molecule has 2 unspecified atom stereocenters. The maximum Gasteiger partial charge on any atom is 0.161 e. The van der Waals surface area contributed by atoms with E-state index in [0.717, 1.165) is 12.2 Å². The van der Waals surface area contributed by atoms with Crippen LogP contribution in [0, 0.1) is 0 Å². The fourth-order valence-electron chi connectivity index (χ4n) is 0.957.